The summed E-state index contributed by atoms with van der Waals surface area (Å²) in [4.78, 5) is 17.7. The van der Waals surface area contributed by atoms with E-state index in [1.165, 1.54) is 11.3 Å². The van der Waals surface area contributed by atoms with Gasteiger partial charge in [0.15, 0.2) is 0 Å². The van der Waals surface area contributed by atoms with Crippen LogP contribution in [-0.2, 0) is 13.0 Å². The Morgan fingerprint density at radius 2 is 2.21 bits per heavy atom. The minimum atomic E-state index is -0.345. The van der Waals surface area contributed by atoms with E-state index in [1.807, 2.05) is 31.3 Å². The van der Waals surface area contributed by atoms with Crippen molar-refractivity contribution in [3.05, 3.63) is 57.2 Å². The van der Waals surface area contributed by atoms with Gasteiger partial charge in [-0.15, -0.1) is 0 Å². The second kappa shape index (κ2) is 6.40. The molecule has 0 aliphatic carbocycles. The Morgan fingerprint density at radius 1 is 1.37 bits per heavy atom. The molecule has 0 saturated carbocycles. The number of nitro groups is 1. The molecule has 0 aliphatic rings. The summed E-state index contributed by atoms with van der Waals surface area (Å²) in [7, 11) is 2.01. The molecule has 0 aromatic carbocycles. The minimum Gasteiger partial charge on any atom is -0.301 e. The molecule has 0 radical (unpaired) electrons. The van der Waals surface area contributed by atoms with Gasteiger partial charge in [0.1, 0.15) is 0 Å². The van der Waals surface area contributed by atoms with Crippen LogP contribution >= 0.6 is 11.3 Å². The molecule has 0 unspecified atom stereocenters. The van der Waals surface area contributed by atoms with E-state index in [1.54, 1.807) is 12.3 Å². The standard InChI is InChI=1S/C13H15N3O2S/c1-15(9-7-11-4-2-3-8-14-11)10-12-5-6-13(19-12)16(17)18/h2-6,8H,7,9-10H2,1H3. The highest BCUT2D eigenvalue weighted by molar-refractivity contribution is 7.15. The normalized spacial score (nSPS) is 10.8. The lowest BCUT2D eigenvalue weighted by Crippen LogP contribution is -2.20. The fraction of sp³-hybridized carbons (Fsp3) is 0.308. The van der Waals surface area contributed by atoms with Gasteiger partial charge in [-0.05, 0) is 25.2 Å². The highest BCUT2D eigenvalue weighted by Crippen LogP contribution is 2.24. The van der Waals surface area contributed by atoms with Crippen LogP contribution in [0.3, 0.4) is 0 Å². The zero-order valence-electron chi connectivity index (χ0n) is 10.7. The lowest BCUT2D eigenvalue weighted by Gasteiger charge is -2.14. The maximum absolute atomic E-state index is 10.6. The molecule has 5 nitrogen and oxygen atoms in total. The average Bonchev–Trinajstić information content (AvgIpc) is 2.86. The largest absolute Gasteiger partial charge is 0.324 e. The minimum absolute atomic E-state index is 0.202. The summed E-state index contributed by atoms with van der Waals surface area (Å²) in [6.07, 6.45) is 2.67. The smallest absolute Gasteiger partial charge is 0.301 e. The van der Waals surface area contributed by atoms with E-state index in [4.69, 9.17) is 0 Å². The Hall–Kier alpha value is -1.79. The molecule has 0 bridgehead atoms. The monoisotopic (exact) mass is 277 g/mol. The van der Waals surface area contributed by atoms with Crippen molar-refractivity contribution in [1.82, 2.24) is 9.88 Å². The highest BCUT2D eigenvalue weighted by Gasteiger charge is 2.11. The molecule has 2 aromatic heterocycles. The second-order valence-corrected chi connectivity index (χ2v) is 5.45. The zero-order chi connectivity index (χ0) is 13.7. The molecule has 0 saturated heterocycles. The molecule has 0 atom stereocenters. The van der Waals surface area contributed by atoms with Gasteiger partial charge in [-0.2, -0.15) is 0 Å². The van der Waals surface area contributed by atoms with E-state index in [-0.39, 0.29) is 9.92 Å². The number of pyridine rings is 1. The molecule has 0 spiro atoms. The quantitative estimate of drug-likeness (QED) is 0.601. The summed E-state index contributed by atoms with van der Waals surface area (Å²) >= 11 is 1.23. The molecule has 0 N–H and O–H groups in total. The maximum Gasteiger partial charge on any atom is 0.324 e. The highest BCUT2D eigenvalue weighted by atomic mass is 32.1. The average molecular weight is 277 g/mol. The van der Waals surface area contributed by atoms with Crippen molar-refractivity contribution >= 4 is 16.3 Å². The van der Waals surface area contributed by atoms with Crippen molar-refractivity contribution in [3.63, 3.8) is 0 Å². The molecule has 2 heterocycles. The lowest BCUT2D eigenvalue weighted by molar-refractivity contribution is -0.380. The van der Waals surface area contributed by atoms with Crippen LogP contribution in [0.4, 0.5) is 5.00 Å². The fourth-order valence-corrected chi connectivity index (χ4v) is 2.65. The van der Waals surface area contributed by atoms with E-state index < -0.39 is 0 Å². The third-order valence-corrected chi connectivity index (χ3v) is 3.75. The second-order valence-electron chi connectivity index (χ2n) is 4.31. The molecule has 6 heteroatoms. The SMILES string of the molecule is CN(CCc1ccccn1)Cc1ccc([N+](=O)[O-])s1. The molecule has 2 aromatic rings. The van der Waals surface area contributed by atoms with E-state index in [9.17, 15) is 10.1 Å². The van der Waals surface area contributed by atoms with Crippen LogP contribution in [0.25, 0.3) is 0 Å². The molecule has 2 rings (SSSR count). The van der Waals surface area contributed by atoms with Crippen molar-refractivity contribution in [2.45, 2.75) is 13.0 Å². The van der Waals surface area contributed by atoms with Gasteiger partial charge in [0.05, 0.1) is 4.92 Å². The Balaban J connectivity index is 1.83. The number of nitrogens with zero attached hydrogens (tertiary/aromatic N) is 3. The maximum atomic E-state index is 10.6. The molecular weight excluding hydrogens is 262 g/mol. The molecule has 0 aliphatic heterocycles. The summed E-state index contributed by atoms with van der Waals surface area (Å²) in [5.41, 5.74) is 1.06. The third kappa shape index (κ3) is 4.11. The van der Waals surface area contributed by atoms with Crippen LogP contribution < -0.4 is 0 Å². The van der Waals surface area contributed by atoms with Crippen molar-refractivity contribution < 1.29 is 4.92 Å². The van der Waals surface area contributed by atoms with Crippen LogP contribution in [0.15, 0.2) is 36.5 Å². The first kappa shape index (κ1) is 13.6. The summed E-state index contributed by atoms with van der Waals surface area (Å²) in [6.45, 7) is 1.61. The van der Waals surface area contributed by atoms with Gasteiger partial charge in [0, 0.05) is 42.3 Å². The Kier molecular flexibility index (Phi) is 4.59. The van der Waals surface area contributed by atoms with Crippen molar-refractivity contribution in [2.24, 2.45) is 0 Å². The Bertz CT molecular complexity index is 542. The van der Waals surface area contributed by atoms with Crippen LogP contribution in [0.1, 0.15) is 10.6 Å². The van der Waals surface area contributed by atoms with Crippen LogP contribution in [0.5, 0.6) is 0 Å². The summed E-state index contributed by atoms with van der Waals surface area (Å²) in [6, 6.07) is 9.26. The van der Waals surface area contributed by atoms with E-state index >= 15 is 0 Å². The topological polar surface area (TPSA) is 59.3 Å². The summed E-state index contributed by atoms with van der Waals surface area (Å²) in [5.74, 6) is 0. The number of likely N-dealkylation sites (N-methyl/N-ethyl adjacent to an activating group) is 1. The Morgan fingerprint density at radius 3 is 2.84 bits per heavy atom. The van der Waals surface area contributed by atoms with Crippen LogP contribution in [-0.4, -0.2) is 28.4 Å². The number of rotatable bonds is 6. The first-order chi connectivity index (χ1) is 9.15. The third-order valence-electron chi connectivity index (χ3n) is 2.73. The van der Waals surface area contributed by atoms with Gasteiger partial charge in [0.2, 0.25) is 0 Å². The van der Waals surface area contributed by atoms with Crippen LogP contribution in [0.2, 0.25) is 0 Å². The molecular formula is C13H15N3O2S. The predicted molar refractivity (Wildman–Crippen MR) is 75.2 cm³/mol. The summed E-state index contributed by atoms with van der Waals surface area (Å²) in [5, 5.41) is 10.8. The van der Waals surface area contributed by atoms with E-state index in [0.29, 0.717) is 0 Å². The molecule has 100 valence electrons. The predicted octanol–water partition coefficient (Wildman–Crippen LogP) is 2.73. The van der Waals surface area contributed by atoms with E-state index in [0.717, 1.165) is 30.1 Å². The van der Waals surface area contributed by atoms with Gasteiger partial charge in [-0.3, -0.25) is 15.1 Å². The number of hydrogen-bond donors (Lipinski definition) is 0. The number of hydrogen-bond acceptors (Lipinski definition) is 5. The van der Waals surface area contributed by atoms with E-state index in [2.05, 4.69) is 9.88 Å². The van der Waals surface area contributed by atoms with Gasteiger partial charge in [-0.1, -0.05) is 17.4 Å². The molecule has 0 amide bonds. The zero-order valence-corrected chi connectivity index (χ0v) is 11.5. The van der Waals surface area contributed by atoms with Crippen molar-refractivity contribution in [3.8, 4) is 0 Å². The lowest BCUT2D eigenvalue weighted by atomic mass is 10.2. The fourth-order valence-electron chi connectivity index (χ4n) is 1.75. The Labute approximate surface area is 115 Å². The number of aromatic nitrogens is 1. The van der Waals surface area contributed by atoms with Gasteiger partial charge in [-0.25, -0.2) is 0 Å². The van der Waals surface area contributed by atoms with Gasteiger partial charge >= 0.3 is 5.00 Å². The first-order valence-corrected chi connectivity index (χ1v) is 6.78. The summed E-state index contributed by atoms with van der Waals surface area (Å²) < 4.78 is 0. The molecule has 19 heavy (non-hydrogen) atoms. The first-order valence-electron chi connectivity index (χ1n) is 5.96. The number of thiophene rings is 1. The van der Waals surface area contributed by atoms with Crippen molar-refractivity contribution in [2.75, 3.05) is 13.6 Å². The van der Waals surface area contributed by atoms with Crippen LogP contribution in [0, 0.1) is 10.1 Å². The van der Waals surface area contributed by atoms with Gasteiger partial charge in [0.25, 0.3) is 0 Å². The van der Waals surface area contributed by atoms with Gasteiger partial charge < -0.3 is 4.90 Å². The molecule has 0 fully saturated rings. The van der Waals surface area contributed by atoms with Crippen molar-refractivity contribution in [1.29, 1.82) is 0 Å².